The molecule has 0 saturated heterocycles. The molecule has 2 nitrogen and oxygen atoms in total. The predicted octanol–water partition coefficient (Wildman–Crippen LogP) is 4.02. The van der Waals surface area contributed by atoms with Crippen molar-refractivity contribution >= 4 is 17.3 Å². The highest BCUT2D eigenvalue weighted by atomic mass is 35.5. The van der Waals surface area contributed by atoms with Gasteiger partial charge in [-0.1, -0.05) is 24.9 Å². The van der Waals surface area contributed by atoms with Gasteiger partial charge in [-0.2, -0.15) is 0 Å². The van der Waals surface area contributed by atoms with E-state index in [1.54, 1.807) is 0 Å². The fourth-order valence-corrected chi connectivity index (χ4v) is 2.42. The van der Waals surface area contributed by atoms with Crippen molar-refractivity contribution in [2.75, 3.05) is 5.73 Å². The van der Waals surface area contributed by atoms with Crippen LogP contribution in [-0.2, 0) is 0 Å². The Morgan fingerprint density at radius 3 is 2.76 bits per heavy atom. The van der Waals surface area contributed by atoms with Crippen LogP contribution < -0.4 is 10.5 Å². The molecule has 94 valence electrons. The van der Waals surface area contributed by atoms with E-state index in [1.165, 1.54) is 31.4 Å². The Balaban J connectivity index is 2.15. The molecule has 1 fully saturated rings. The van der Waals surface area contributed by atoms with E-state index in [0.717, 1.165) is 6.42 Å². The van der Waals surface area contributed by atoms with Gasteiger partial charge in [-0.3, -0.25) is 0 Å². The average Bonchev–Trinajstić information content (AvgIpc) is 2.29. The maximum atomic E-state index is 13.1. The zero-order chi connectivity index (χ0) is 12.4. The minimum absolute atomic E-state index is 0.0534. The molecule has 17 heavy (non-hydrogen) atoms. The van der Waals surface area contributed by atoms with Gasteiger partial charge in [0.25, 0.3) is 0 Å². The molecule has 2 rings (SSSR count). The van der Waals surface area contributed by atoms with Gasteiger partial charge in [0, 0.05) is 12.1 Å². The Hall–Kier alpha value is -0.960. The monoisotopic (exact) mass is 257 g/mol. The fourth-order valence-electron chi connectivity index (χ4n) is 2.27. The molecule has 0 heterocycles. The summed E-state index contributed by atoms with van der Waals surface area (Å²) in [6.07, 6.45) is 4.77. The molecule has 1 aliphatic carbocycles. The van der Waals surface area contributed by atoms with Crippen molar-refractivity contribution in [1.82, 2.24) is 0 Å². The zero-order valence-corrected chi connectivity index (χ0v) is 10.6. The van der Waals surface area contributed by atoms with Gasteiger partial charge in [-0.05, 0) is 25.2 Å². The summed E-state index contributed by atoms with van der Waals surface area (Å²) in [5, 5.41) is 0.0534. The number of ether oxygens (including phenoxy) is 1. The summed E-state index contributed by atoms with van der Waals surface area (Å²) in [6.45, 7) is 2.17. The topological polar surface area (TPSA) is 35.2 Å². The summed E-state index contributed by atoms with van der Waals surface area (Å²) in [5.41, 5.74) is 6.04. The third-order valence-electron chi connectivity index (χ3n) is 3.36. The molecule has 1 saturated carbocycles. The van der Waals surface area contributed by atoms with E-state index in [4.69, 9.17) is 22.1 Å². The molecule has 2 unspecified atom stereocenters. The van der Waals surface area contributed by atoms with Gasteiger partial charge in [0.2, 0.25) is 0 Å². The zero-order valence-electron chi connectivity index (χ0n) is 9.88. The lowest BCUT2D eigenvalue weighted by molar-refractivity contribution is 0.103. The van der Waals surface area contributed by atoms with E-state index >= 15 is 0 Å². The quantitative estimate of drug-likeness (QED) is 0.813. The SMILES string of the molecule is CC1CCCCC1Oc1cc(Cl)c(F)cc1N. The van der Waals surface area contributed by atoms with Crippen molar-refractivity contribution in [3.8, 4) is 5.75 Å². The van der Waals surface area contributed by atoms with Gasteiger partial charge in [-0.25, -0.2) is 4.39 Å². The van der Waals surface area contributed by atoms with E-state index in [0.29, 0.717) is 17.4 Å². The number of anilines is 1. The standard InChI is InChI=1S/C13H17ClFNO/c1-8-4-2-3-5-12(8)17-13-6-9(14)10(15)7-11(13)16/h6-8,12H,2-5,16H2,1H3. The van der Waals surface area contributed by atoms with Crippen LogP contribution in [0.1, 0.15) is 32.6 Å². The maximum absolute atomic E-state index is 13.1. The van der Waals surface area contributed by atoms with Crippen LogP contribution in [0.5, 0.6) is 5.75 Å². The van der Waals surface area contributed by atoms with Gasteiger partial charge < -0.3 is 10.5 Å². The second-order valence-corrected chi connectivity index (χ2v) is 5.13. The smallest absolute Gasteiger partial charge is 0.144 e. The molecule has 0 bridgehead atoms. The van der Waals surface area contributed by atoms with E-state index < -0.39 is 5.82 Å². The highest BCUT2D eigenvalue weighted by Crippen LogP contribution is 2.33. The summed E-state index contributed by atoms with van der Waals surface area (Å²) in [4.78, 5) is 0. The number of benzene rings is 1. The molecule has 4 heteroatoms. The van der Waals surface area contributed by atoms with Crippen molar-refractivity contribution < 1.29 is 9.13 Å². The van der Waals surface area contributed by atoms with Crippen molar-refractivity contribution in [1.29, 1.82) is 0 Å². The first-order valence-corrected chi connectivity index (χ1v) is 6.37. The molecule has 0 amide bonds. The normalized spacial score (nSPS) is 24.6. The van der Waals surface area contributed by atoms with Gasteiger partial charge in [0.15, 0.2) is 0 Å². The molecule has 0 spiro atoms. The van der Waals surface area contributed by atoms with Crippen LogP contribution in [0.25, 0.3) is 0 Å². The molecule has 2 N–H and O–H groups in total. The van der Waals surface area contributed by atoms with Crippen LogP contribution in [-0.4, -0.2) is 6.10 Å². The Kier molecular flexibility index (Phi) is 3.77. The van der Waals surface area contributed by atoms with Crippen LogP contribution in [0, 0.1) is 11.7 Å². The fraction of sp³-hybridized carbons (Fsp3) is 0.538. The number of rotatable bonds is 2. The van der Waals surface area contributed by atoms with E-state index in [9.17, 15) is 4.39 Å². The van der Waals surface area contributed by atoms with Crippen molar-refractivity contribution in [2.45, 2.75) is 38.7 Å². The van der Waals surface area contributed by atoms with E-state index in [2.05, 4.69) is 6.92 Å². The average molecular weight is 258 g/mol. The van der Waals surface area contributed by atoms with Gasteiger partial charge >= 0.3 is 0 Å². The summed E-state index contributed by atoms with van der Waals surface area (Å²) in [7, 11) is 0. The van der Waals surface area contributed by atoms with Crippen molar-refractivity contribution in [2.24, 2.45) is 5.92 Å². The first-order chi connectivity index (χ1) is 8.08. The maximum Gasteiger partial charge on any atom is 0.144 e. The Morgan fingerprint density at radius 1 is 1.35 bits per heavy atom. The van der Waals surface area contributed by atoms with Gasteiger partial charge in [0.05, 0.1) is 10.7 Å². The lowest BCUT2D eigenvalue weighted by Gasteiger charge is -2.29. The van der Waals surface area contributed by atoms with Crippen LogP contribution in [0.2, 0.25) is 5.02 Å². The van der Waals surface area contributed by atoms with Gasteiger partial charge in [0.1, 0.15) is 17.7 Å². The number of nitrogen functional groups attached to an aromatic ring is 1. The summed E-state index contributed by atoms with van der Waals surface area (Å²) < 4.78 is 19.0. The first-order valence-electron chi connectivity index (χ1n) is 5.99. The molecule has 0 aromatic heterocycles. The second-order valence-electron chi connectivity index (χ2n) is 4.72. The number of nitrogens with two attached hydrogens (primary N) is 1. The largest absolute Gasteiger partial charge is 0.488 e. The third-order valence-corrected chi connectivity index (χ3v) is 3.65. The Bertz CT molecular complexity index is 411. The Labute approximate surface area is 106 Å². The van der Waals surface area contributed by atoms with Gasteiger partial charge in [-0.15, -0.1) is 0 Å². The highest BCUT2D eigenvalue weighted by Gasteiger charge is 2.23. The minimum atomic E-state index is -0.506. The minimum Gasteiger partial charge on any atom is -0.488 e. The predicted molar refractivity (Wildman–Crippen MR) is 67.9 cm³/mol. The van der Waals surface area contributed by atoms with Crippen LogP contribution >= 0.6 is 11.6 Å². The van der Waals surface area contributed by atoms with Crippen LogP contribution in [0.15, 0.2) is 12.1 Å². The second kappa shape index (κ2) is 5.13. The molecule has 1 aliphatic rings. The first kappa shape index (κ1) is 12.5. The number of hydrogen-bond donors (Lipinski definition) is 1. The molecular formula is C13H17ClFNO. The Morgan fingerprint density at radius 2 is 2.06 bits per heavy atom. The number of hydrogen-bond acceptors (Lipinski definition) is 2. The third kappa shape index (κ3) is 2.83. The molecule has 2 atom stereocenters. The molecule has 1 aromatic rings. The summed E-state index contributed by atoms with van der Waals surface area (Å²) in [5.74, 6) is 0.496. The molecule has 0 radical (unpaired) electrons. The lowest BCUT2D eigenvalue weighted by atomic mass is 9.88. The van der Waals surface area contributed by atoms with Crippen LogP contribution in [0.3, 0.4) is 0 Å². The molecule has 0 aliphatic heterocycles. The molecular weight excluding hydrogens is 241 g/mol. The van der Waals surface area contributed by atoms with Crippen LogP contribution in [0.4, 0.5) is 10.1 Å². The lowest BCUT2D eigenvalue weighted by Crippen LogP contribution is -2.28. The summed E-state index contributed by atoms with van der Waals surface area (Å²) >= 11 is 5.73. The van der Waals surface area contributed by atoms with Crippen molar-refractivity contribution in [3.05, 3.63) is 23.0 Å². The summed E-state index contributed by atoms with van der Waals surface area (Å²) in [6, 6.07) is 2.68. The van der Waals surface area contributed by atoms with E-state index in [1.807, 2.05) is 0 Å². The van der Waals surface area contributed by atoms with E-state index in [-0.39, 0.29) is 11.1 Å². The highest BCUT2D eigenvalue weighted by molar-refractivity contribution is 6.31. The molecule has 1 aromatic carbocycles. The number of halogens is 2. The van der Waals surface area contributed by atoms with Crippen molar-refractivity contribution in [3.63, 3.8) is 0 Å².